The molecule has 1 aromatic heterocycles. The Morgan fingerprint density at radius 2 is 1.94 bits per heavy atom. The second-order valence-electron chi connectivity index (χ2n) is 3.89. The summed E-state index contributed by atoms with van der Waals surface area (Å²) in [7, 11) is 1.66. The van der Waals surface area contributed by atoms with Crippen molar-refractivity contribution in [3.63, 3.8) is 0 Å². The lowest BCUT2D eigenvalue weighted by Gasteiger charge is -2.13. The third-order valence-corrected chi connectivity index (χ3v) is 2.83. The molecule has 2 N–H and O–H groups in total. The number of rotatable bonds is 2. The van der Waals surface area contributed by atoms with E-state index in [0.717, 1.165) is 22.6 Å². The van der Waals surface area contributed by atoms with Gasteiger partial charge in [0.15, 0.2) is 0 Å². The number of aryl methyl sites for hydroxylation is 1. The zero-order chi connectivity index (χ0) is 12.4. The zero-order valence-corrected chi connectivity index (χ0v) is 10.2. The quantitative estimate of drug-likeness (QED) is 0.858. The van der Waals surface area contributed by atoms with E-state index in [1.165, 1.54) is 5.56 Å². The standard InChI is InChI=1S/C13H15N3O/c1-8-4-5-10(12(17-3)9(8)2)11-6-7-15-13(14)16-11/h4-7H,1-3H3,(H2,14,15,16). The second-order valence-corrected chi connectivity index (χ2v) is 3.89. The second kappa shape index (κ2) is 4.41. The number of hydrogen-bond donors (Lipinski definition) is 1. The number of ether oxygens (including phenoxy) is 1. The monoisotopic (exact) mass is 229 g/mol. The molecule has 88 valence electrons. The van der Waals surface area contributed by atoms with Gasteiger partial charge in [-0.2, -0.15) is 0 Å². The van der Waals surface area contributed by atoms with Crippen molar-refractivity contribution in [3.8, 4) is 17.0 Å². The van der Waals surface area contributed by atoms with E-state index in [0.29, 0.717) is 0 Å². The van der Waals surface area contributed by atoms with Gasteiger partial charge in [-0.25, -0.2) is 9.97 Å². The van der Waals surface area contributed by atoms with E-state index in [1.807, 2.05) is 25.1 Å². The molecule has 0 saturated heterocycles. The van der Waals surface area contributed by atoms with Crippen LogP contribution in [0.15, 0.2) is 24.4 Å². The van der Waals surface area contributed by atoms with Crippen molar-refractivity contribution in [1.82, 2.24) is 9.97 Å². The summed E-state index contributed by atoms with van der Waals surface area (Å²) in [6.07, 6.45) is 1.65. The van der Waals surface area contributed by atoms with Crippen LogP contribution in [-0.4, -0.2) is 17.1 Å². The smallest absolute Gasteiger partial charge is 0.220 e. The molecule has 0 saturated carbocycles. The van der Waals surface area contributed by atoms with Gasteiger partial charge in [0.2, 0.25) is 5.95 Å². The highest BCUT2D eigenvalue weighted by atomic mass is 16.5. The third kappa shape index (κ3) is 2.06. The van der Waals surface area contributed by atoms with Gasteiger partial charge in [0.05, 0.1) is 12.8 Å². The van der Waals surface area contributed by atoms with Crippen LogP contribution >= 0.6 is 0 Å². The number of benzene rings is 1. The van der Waals surface area contributed by atoms with Gasteiger partial charge in [0.25, 0.3) is 0 Å². The molecule has 0 spiro atoms. The lowest BCUT2D eigenvalue weighted by molar-refractivity contribution is 0.413. The van der Waals surface area contributed by atoms with Gasteiger partial charge in [-0.3, -0.25) is 0 Å². The van der Waals surface area contributed by atoms with Crippen LogP contribution in [0.5, 0.6) is 5.75 Å². The Labute approximate surface area is 100 Å². The number of nitrogens with zero attached hydrogens (tertiary/aromatic N) is 2. The Hall–Kier alpha value is -2.10. The number of hydrogen-bond acceptors (Lipinski definition) is 4. The Balaban J connectivity index is 2.63. The van der Waals surface area contributed by atoms with Gasteiger partial charge < -0.3 is 10.5 Å². The van der Waals surface area contributed by atoms with Gasteiger partial charge in [-0.15, -0.1) is 0 Å². The fourth-order valence-corrected chi connectivity index (χ4v) is 1.78. The summed E-state index contributed by atoms with van der Waals surface area (Å²) in [6.45, 7) is 4.08. The van der Waals surface area contributed by atoms with E-state index in [-0.39, 0.29) is 5.95 Å². The van der Waals surface area contributed by atoms with Crippen molar-refractivity contribution in [3.05, 3.63) is 35.5 Å². The third-order valence-electron chi connectivity index (χ3n) is 2.83. The van der Waals surface area contributed by atoms with Crippen LogP contribution in [0.2, 0.25) is 0 Å². The molecule has 2 rings (SSSR count). The van der Waals surface area contributed by atoms with Gasteiger partial charge in [0, 0.05) is 11.8 Å². The predicted octanol–water partition coefficient (Wildman–Crippen LogP) is 2.35. The number of nitrogen functional groups attached to an aromatic ring is 1. The molecule has 4 nitrogen and oxygen atoms in total. The van der Waals surface area contributed by atoms with Crippen molar-refractivity contribution in [1.29, 1.82) is 0 Å². The van der Waals surface area contributed by atoms with Gasteiger partial charge in [-0.05, 0) is 37.1 Å². The molecule has 0 fully saturated rings. The minimum absolute atomic E-state index is 0.266. The topological polar surface area (TPSA) is 61.0 Å². The molecule has 0 aliphatic carbocycles. The Morgan fingerprint density at radius 1 is 1.18 bits per heavy atom. The normalized spacial score (nSPS) is 10.3. The molecule has 0 unspecified atom stereocenters. The lowest BCUT2D eigenvalue weighted by atomic mass is 10.0. The molecule has 0 aliphatic rings. The summed E-state index contributed by atoms with van der Waals surface area (Å²) in [4.78, 5) is 8.10. The summed E-state index contributed by atoms with van der Waals surface area (Å²) in [5, 5.41) is 0. The van der Waals surface area contributed by atoms with E-state index in [2.05, 4.69) is 16.9 Å². The maximum absolute atomic E-state index is 5.59. The largest absolute Gasteiger partial charge is 0.496 e. The van der Waals surface area contributed by atoms with Crippen molar-refractivity contribution in [2.24, 2.45) is 0 Å². The molecule has 0 aliphatic heterocycles. The van der Waals surface area contributed by atoms with Crippen LogP contribution < -0.4 is 10.5 Å². The summed E-state index contributed by atoms with van der Waals surface area (Å²) in [5.41, 5.74) is 9.60. The van der Waals surface area contributed by atoms with Crippen LogP contribution in [0.25, 0.3) is 11.3 Å². The first-order valence-electron chi connectivity index (χ1n) is 5.36. The minimum Gasteiger partial charge on any atom is -0.496 e. The minimum atomic E-state index is 0.266. The van der Waals surface area contributed by atoms with Gasteiger partial charge in [0.1, 0.15) is 5.75 Å². The summed E-state index contributed by atoms with van der Waals surface area (Å²) < 4.78 is 5.45. The molecule has 0 atom stereocenters. The highest BCUT2D eigenvalue weighted by Gasteiger charge is 2.11. The van der Waals surface area contributed by atoms with Crippen molar-refractivity contribution < 1.29 is 4.74 Å². The number of methoxy groups -OCH3 is 1. The molecule has 1 heterocycles. The van der Waals surface area contributed by atoms with E-state index >= 15 is 0 Å². The van der Waals surface area contributed by atoms with E-state index in [1.54, 1.807) is 13.3 Å². The molecule has 0 bridgehead atoms. The first kappa shape index (κ1) is 11.4. The van der Waals surface area contributed by atoms with Crippen LogP contribution in [-0.2, 0) is 0 Å². The molecule has 1 aromatic carbocycles. The van der Waals surface area contributed by atoms with Crippen LogP contribution in [0, 0.1) is 13.8 Å². The first-order chi connectivity index (χ1) is 8.13. The fraction of sp³-hybridized carbons (Fsp3) is 0.231. The lowest BCUT2D eigenvalue weighted by Crippen LogP contribution is -1.98. The number of aromatic nitrogens is 2. The molecule has 4 heteroatoms. The zero-order valence-electron chi connectivity index (χ0n) is 10.2. The fourth-order valence-electron chi connectivity index (χ4n) is 1.78. The van der Waals surface area contributed by atoms with Crippen molar-refractivity contribution >= 4 is 5.95 Å². The predicted molar refractivity (Wildman–Crippen MR) is 67.9 cm³/mol. The molecule has 2 aromatic rings. The maximum atomic E-state index is 5.59. The molecular weight excluding hydrogens is 214 g/mol. The van der Waals surface area contributed by atoms with E-state index < -0.39 is 0 Å². The van der Waals surface area contributed by atoms with Crippen molar-refractivity contribution in [2.45, 2.75) is 13.8 Å². The highest BCUT2D eigenvalue weighted by molar-refractivity contribution is 5.70. The van der Waals surface area contributed by atoms with Gasteiger partial charge in [-0.1, -0.05) is 6.07 Å². The van der Waals surface area contributed by atoms with Crippen LogP contribution in [0.3, 0.4) is 0 Å². The Bertz CT molecular complexity index is 552. The summed E-state index contributed by atoms with van der Waals surface area (Å²) in [5.74, 6) is 1.10. The maximum Gasteiger partial charge on any atom is 0.220 e. The average Bonchev–Trinajstić information content (AvgIpc) is 2.32. The summed E-state index contributed by atoms with van der Waals surface area (Å²) in [6, 6.07) is 5.86. The highest BCUT2D eigenvalue weighted by Crippen LogP contribution is 2.33. The first-order valence-corrected chi connectivity index (χ1v) is 5.36. The Kier molecular flexibility index (Phi) is 2.95. The Morgan fingerprint density at radius 3 is 2.59 bits per heavy atom. The van der Waals surface area contributed by atoms with Crippen LogP contribution in [0.4, 0.5) is 5.95 Å². The molecule has 0 radical (unpaired) electrons. The van der Waals surface area contributed by atoms with E-state index in [9.17, 15) is 0 Å². The molecule has 17 heavy (non-hydrogen) atoms. The number of nitrogens with two attached hydrogens (primary N) is 1. The average molecular weight is 229 g/mol. The van der Waals surface area contributed by atoms with Gasteiger partial charge >= 0.3 is 0 Å². The van der Waals surface area contributed by atoms with Crippen LogP contribution in [0.1, 0.15) is 11.1 Å². The SMILES string of the molecule is COc1c(-c2ccnc(N)n2)ccc(C)c1C. The molecular formula is C13H15N3O. The van der Waals surface area contributed by atoms with Crippen molar-refractivity contribution in [2.75, 3.05) is 12.8 Å². The molecule has 0 amide bonds. The number of anilines is 1. The summed E-state index contributed by atoms with van der Waals surface area (Å²) >= 11 is 0. The van der Waals surface area contributed by atoms with E-state index in [4.69, 9.17) is 10.5 Å².